The molecule has 0 N–H and O–H groups in total. The zero-order chi connectivity index (χ0) is 41.7. The molecule has 0 unspecified atom stereocenters. The second-order valence-corrected chi connectivity index (χ2v) is 16.4. The molecule has 2 nitrogen and oxygen atoms in total. The molecule has 294 valence electrons. The first kappa shape index (κ1) is 36.6. The molecule has 12 rings (SSSR count). The number of rotatable bonds is 7. The van der Waals surface area contributed by atoms with E-state index in [1.165, 1.54) is 71.8 Å². The summed E-state index contributed by atoms with van der Waals surface area (Å²) >= 11 is 0. The molecule has 0 atom stereocenters. The molecule has 1 heterocycles. The maximum Gasteiger partial charge on any atom is 0.160 e. The first-order chi connectivity index (χ1) is 31.3. The number of hydrogen-bond acceptors (Lipinski definition) is 2. The highest BCUT2D eigenvalue weighted by Gasteiger charge is 2.48. The van der Waals surface area contributed by atoms with Crippen molar-refractivity contribution in [1.29, 1.82) is 0 Å². The molecule has 0 amide bonds. The van der Waals surface area contributed by atoms with Gasteiger partial charge >= 0.3 is 0 Å². The molecular formula is C61H40N2. The van der Waals surface area contributed by atoms with Crippen molar-refractivity contribution in [2.45, 2.75) is 5.41 Å². The van der Waals surface area contributed by atoms with E-state index < -0.39 is 5.41 Å². The van der Waals surface area contributed by atoms with Crippen LogP contribution < -0.4 is 0 Å². The lowest BCUT2D eigenvalue weighted by Crippen LogP contribution is -2.29. The van der Waals surface area contributed by atoms with E-state index in [-0.39, 0.29) is 0 Å². The molecule has 2 heteroatoms. The number of nitrogens with zero attached hydrogens (tertiary/aromatic N) is 2. The topological polar surface area (TPSA) is 25.8 Å². The van der Waals surface area contributed by atoms with Crippen molar-refractivity contribution in [1.82, 2.24) is 9.97 Å². The summed E-state index contributed by atoms with van der Waals surface area (Å²) in [5.41, 5.74) is 16.9. The predicted octanol–water partition coefficient (Wildman–Crippen LogP) is 15.5. The van der Waals surface area contributed by atoms with Gasteiger partial charge in [0.2, 0.25) is 0 Å². The van der Waals surface area contributed by atoms with E-state index in [2.05, 4.69) is 218 Å². The summed E-state index contributed by atoms with van der Waals surface area (Å²) in [4.78, 5) is 10.3. The fourth-order valence-electron chi connectivity index (χ4n) is 10.2. The molecule has 0 saturated carbocycles. The molecule has 11 aromatic rings. The average molecular weight is 801 g/mol. The highest BCUT2D eigenvalue weighted by Crippen LogP contribution is 2.60. The molecule has 0 radical (unpaired) electrons. The predicted molar refractivity (Wildman–Crippen MR) is 262 cm³/mol. The lowest BCUT2D eigenvalue weighted by atomic mass is 9.65. The first-order valence-corrected chi connectivity index (χ1v) is 21.7. The van der Waals surface area contributed by atoms with E-state index in [0.29, 0.717) is 5.82 Å². The molecular weight excluding hydrogens is 761 g/mol. The van der Waals surface area contributed by atoms with Crippen LogP contribution in [-0.2, 0) is 5.41 Å². The van der Waals surface area contributed by atoms with Gasteiger partial charge in [0.05, 0.1) is 16.8 Å². The Bertz CT molecular complexity index is 3370. The van der Waals surface area contributed by atoms with E-state index in [4.69, 9.17) is 9.97 Å². The lowest BCUT2D eigenvalue weighted by Gasteiger charge is -2.36. The quantitative estimate of drug-likeness (QED) is 0.160. The molecule has 1 aromatic heterocycles. The van der Waals surface area contributed by atoms with Crippen LogP contribution in [0.1, 0.15) is 22.3 Å². The zero-order valence-electron chi connectivity index (χ0n) is 34.5. The fourth-order valence-corrected chi connectivity index (χ4v) is 10.2. The van der Waals surface area contributed by atoms with Gasteiger partial charge in [-0.1, -0.05) is 237 Å². The summed E-state index contributed by atoms with van der Waals surface area (Å²) in [5.74, 6) is 0.711. The molecule has 10 aromatic carbocycles. The van der Waals surface area contributed by atoms with Gasteiger partial charge in [-0.05, 0) is 83.2 Å². The number of hydrogen-bond donors (Lipinski definition) is 0. The summed E-state index contributed by atoms with van der Waals surface area (Å²) in [6, 6.07) is 87.8. The van der Waals surface area contributed by atoms with Gasteiger partial charge in [-0.3, -0.25) is 0 Å². The van der Waals surface area contributed by atoms with Gasteiger partial charge in [-0.15, -0.1) is 0 Å². The van der Waals surface area contributed by atoms with E-state index in [1.54, 1.807) is 0 Å². The highest BCUT2D eigenvalue weighted by molar-refractivity contribution is 6.06. The van der Waals surface area contributed by atoms with Crippen molar-refractivity contribution in [2.75, 3.05) is 0 Å². The van der Waals surface area contributed by atoms with Gasteiger partial charge < -0.3 is 0 Å². The minimum Gasteiger partial charge on any atom is -0.228 e. The van der Waals surface area contributed by atoms with Crippen LogP contribution in [0.4, 0.5) is 0 Å². The largest absolute Gasteiger partial charge is 0.228 e. The molecule has 1 aliphatic rings. The molecule has 0 aliphatic heterocycles. The van der Waals surface area contributed by atoms with Gasteiger partial charge in [-0.25, -0.2) is 9.97 Å². The zero-order valence-corrected chi connectivity index (χ0v) is 34.5. The monoisotopic (exact) mass is 800 g/mol. The number of fused-ring (bicyclic) bond motifs is 6. The Balaban J connectivity index is 1.01. The minimum atomic E-state index is -0.545. The van der Waals surface area contributed by atoms with Gasteiger partial charge in [0, 0.05) is 16.7 Å². The third-order valence-electron chi connectivity index (χ3n) is 13.0. The summed E-state index contributed by atoms with van der Waals surface area (Å²) in [6.45, 7) is 0. The average Bonchev–Trinajstić information content (AvgIpc) is 3.69. The molecule has 0 saturated heterocycles. The second-order valence-electron chi connectivity index (χ2n) is 16.4. The van der Waals surface area contributed by atoms with Gasteiger partial charge in [0.25, 0.3) is 0 Å². The molecule has 1 aliphatic carbocycles. The minimum absolute atomic E-state index is 0.545. The van der Waals surface area contributed by atoms with Gasteiger partial charge in [0.15, 0.2) is 5.82 Å². The van der Waals surface area contributed by atoms with Crippen LogP contribution in [0.5, 0.6) is 0 Å². The van der Waals surface area contributed by atoms with Crippen molar-refractivity contribution in [3.63, 3.8) is 0 Å². The lowest BCUT2D eigenvalue weighted by molar-refractivity contribution is 0.777. The van der Waals surface area contributed by atoms with Crippen LogP contribution in [0.2, 0.25) is 0 Å². The van der Waals surface area contributed by atoms with E-state index in [0.717, 1.165) is 33.5 Å². The fraction of sp³-hybridized carbons (Fsp3) is 0.0164. The molecule has 63 heavy (non-hydrogen) atoms. The first-order valence-electron chi connectivity index (χ1n) is 21.7. The number of benzene rings is 10. The molecule has 0 bridgehead atoms. The van der Waals surface area contributed by atoms with Crippen molar-refractivity contribution in [2.24, 2.45) is 0 Å². The molecule has 0 spiro atoms. The van der Waals surface area contributed by atoms with Crippen molar-refractivity contribution < 1.29 is 0 Å². The second kappa shape index (κ2) is 15.1. The Morgan fingerprint density at radius 1 is 0.270 bits per heavy atom. The van der Waals surface area contributed by atoms with Crippen LogP contribution in [0, 0.1) is 0 Å². The normalized spacial score (nSPS) is 12.6. The van der Waals surface area contributed by atoms with E-state index in [9.17, 15) is 0 Å². The van der Waals surface area contributed by atoms with Crippen LogP contribution in [0.25, 0.3) is 88.8 Å². The summed E-state index contributed by atoms with van der Waals surface area (Å²) in [5, 5.41) is 4.86. The Labute approximate surface area is 367 Å². The third-order valence-corrected chi connectivity index (χ3v) is 13.0. The highest BCUT2D eigenvalue weighted by atomic mass is 14.9. The van der Waals surface area contributed by atoms with E-state index >= 15 is 0 Å². The SMILES string of the molecule is c1ccc(-c2cc(-c3ccc(-c4ccc(-c5cccc6c5C(c5ccccc5)(c5ccccc5)c5c-6ccc6ccccc56)cc4)c4ccccc34)nc(-c3ccccc3)n2)cc1. The van der Waals surface area contributed by atoms with Crippen molar-refractivity contribution >= 4 is 21.5 Å². The summed E-state index contributed by atoms with van der Waals surface area (Å²) < 4.78 is 0. The third kappa shape index (κ3) is 5.95. The van der Waals surface area contributed by atoms with Crippen molar-refractivity contribution in [3.05, 3.63) is 265 Å². The standard InChI is InChI=1S/C61H40N2/c1-5-19-44(20-6-1)56-40-57(63-60(62-56)45-21-7-2-8-22-45)53-39-38-48(51-28-15-16-29-52(51)53)42-32-34-43(35-33-42)50-30-17-31-54-55-37-36-41-18-13-14-27-49(41)59(55)61(58(50)54,46-23-9-3-10-24-46)47-25-11-4-12-26-47/h1-40H. The maximum absolute atomic E-state index is 5.20. The van der Waals surface area contributed by atoms with Crippen LogP contribution >= 0.6 is 0 Å². The maximum atomic E-state index is 5.20. The Morgan fingerprint density at radius 2 is 0.746 bits per heavy atom. The van der Waals surface area contributed by atoms with Crippen molar-refractivity contribution in [3.8, 4) is 67.3 Å². The van der Waals surface area contributed by atoms with Crippen LogP contribution in [0.15, 0.2) is 243 Å². The smallest absolute Gasteiger partial charge is 0.160 e. The van der Waals surface area contributed by atoms with E-state index in [1.807, 2.05) is 24.3 Å². The van der Waals surface area contributed by atoms with Gasteiger partial charge in [0.1, 0.15) is 0 Å². The van der Waals surface area contributed by atoms with Crippen LogP contribution in [0.3, 0.4) is 0 Å². The van der Waals surface area contributed by atoms with Crippen LogP contribution in [-0.4, -0.2) is 9.97 Å². The van der Waals surface area contributed by atoms with Gasteiger partial charge in [-0.2, -0.15) is 0 Å². The summed E-state index contributed by atoms with van der Waals surface area (Å²) in [6.07, 6.45) is 0. The number of aromatic nitrogens is 2. The Hall–Kier alpha value is -8.20. The summed E-state index contributed by atoms with van der Waals surface area (Å²) in [7, 11) is 0. The Kier molecular flexibility index (Phi) is 8.76. The Morgan fingerprint density at radius 3 is 1.41 bits per heavy atom. The molecule has 0 fully saturated rings.